The van der Waals surface area contributed by atoms with E-state index in [1.54, 1.807) is 31.2 Å². The number of amides is 1. The standard InChI is InChI=1S/C18H20BrFN2O3S2/c1-12(13-4-2-6-15(20)10-13)21-18(23)14-5-3-9-22(11-14)27(24,25)17-8-7-16(19)26-17/h2,4,6-8,10,12,14H,3,5,9,11H2,1H3,(H,21,23). The summed E-state index contributed by atoms with van der Waals surface area (Å²) in [6, 6.07) is 9.00. The third-order valence-electron chi connectivity index (χ3n) is 4.61. The van der Waals surface area contributed by atoms with E-state index < -0.39 is 15.9 Å². The summed E-state index contributed by atoms with van der Waals surface area (Å²) in [5.41, 5.74) is 0.673. The maximum Gasteiger partial charge on any atom is 0.252 e. The molecule has 0 radical (unpaired) electrons. The zero-order chi connectivity index (χ0) is 19.6. The Kier molecular flexibility index (Phi) is 6.35. The second-order valence-electron chi connectivity index (χ2n) is 6.55. The van der Waals surface area contributed by atoms with Gasteiger partial charge in [0.05, 0.1) is 15.7 Å². The molecule has 0 spiro atoms. The Morgan fingerprint density at radius 2 is 2.15 bits per heavy atom. The highest BCUT2D eigenvalue weighted by Crippen LogP contribution is 2.31. The number of hydrogen-bond acceptors (Lipinski definition) is 4. The predicted octanol–water partition coefficient (Wildman–Crippen LogP) is 3.93. The number of halogens is 2. The van der Waals surface area contributed by atoms with E-state index in [0.29, 0.717) is 24.9 Å². The van der Waals surface area contributed by atoms with E-state index in [0.717, 1.165) is 15.1 Å². The molecule has 5 nitrogen and oxygen atoms in total. The monoisotopic (exact) mass is 474 g/mol. The average molecular weight is 475 g/mol. The van der Waals surface area contributed by atoms with Crippen LogP contribution < -0.4 is 5.32 Å². The lowest BCUT2D eigenvalue weighted by atomic mass is 9.98. The van der Waals surface area contributed by atoms with Crippen LogP contribution in [0.5, 0.6) is 0 Å². The van der Waals surface area contributed by atoms with Gasteiger partial charge in [-0.2, -0.15) is 4.31 Å². The molecule has 1 N–H and O–H groups in total. The van der Waals surface area contributed by atoms with Gasteiger partial charge >= 0.3 is 0 Å². The van der Waals surface area contributed by atoms with Crippen LogP contribution in [0.3, 0.4) is 0 Å². The Bertz CT molecular complexity index is 932. The van der Waals surface area contributed by atoms with E-state index in [9.17, 15) is 17.6 Å². The van der Waals surface area contributed by atoms with Gasteiger partial charge in [0.2, 0.25) is 5.91 Å². The van der Waals surface area contributed by atoms with Gasteiger partial charge in [0, 0.05) is 13.1 Å². The topological polar surface area (TPSA) is 66.5 Å². The van der Waals surface area contributed by atoms with Crippen molar-refractivity contribution in [2.75, 3.05) is 13.1 Å². The lowest BCUT2D eigenvalue weighted by molar-refractivity contribution is -0.126. The first-order valence-electron chi connectivity index (χ1n) is 8.58. The molecule has 1 amide bonds. The van der Waals surface area contributed by atoms with E-state index in [1.807, 2.05) is 0 Å². The van der Waals surface area contributed by atoms with Gasteiger partial charge in [0.15, 0.2) is 0 Å². The van der Waals surface area contributed by atoms with Gasteiger partial charge in [0.1, 0.15) is 10.0 Å². The Morgan fingerprint density at radius 1 is 1.37 bits per heavy atom. The van der Waals surface area contributed by atoms with Crippen LogP contribution in [0.1, 0.15) is 31.4 Å². The summed E-state index contributed by atoms with van der Waals surface area (Å²) in [4.78, 5) is 12.6. The second-order valence-corrected chi connectivity index (χ2v) is 11.2. The van der Waals surface area contributed by atoms with Crippen LogP contribution >= 0.6 is 27.3 Å². The van der Waals surface area contributed by atoms with Crippen molar-refractivity contribution in [1.82, 2.24) is 9.62 Å². The van der Waals surface area contributed by atoms with E-state index in [2.05, 4.69) is 21.2 Å². The third-order valence-corrected chi connectivity index (χ3v) is 8.56. The normalized spacial score (nSPS) is 19.6. The van der Waals surface area contributed by atoms with Gasteiger partial charge in [-0.1, -0.05) is 12.1 Å². The maximum absolute atomic E-state index is 13.4. The number of carbonyl (C=O) groups is 1. The maximum atomic E-state index is 13.4. The van der Waals surface area contributed by atoms with Crippen LogP contribution in [0.15, 0.2) is 44.4 Å². The molecule has 2 aromatic rings. The fourth-order valence-electron chi connectivity index (χ4n) is 3.13. The van der Waals surface area contributed by atoms with Crippen molar-refractivity contribution in [2.24, 2.45) is 5.92 Å². The number of nitrogens with one attached hydrogen (secondary N) is 1. The molecule has 1 aliphatic heterocycles. The molecule has 1 aromatic carbocycles. The van der Waals surface area contributed by atoms with Crippen molar-refractivity contribution in [3.63, 3.8) is 0 Å². The van der Waals surface area contributed by atoms with Crippen LogP contribution in [0.25, 0.3) is 0 Å². The average Bonchev–Trinajstić information content (AvgIpc) is 3.09. The molecule has 3 rings (SSSR count). The molecule has 0 aliphatic carbocycles. The summed E-state index contributed by atoms with van der Waals surface area (Å²) in [6.45, 7) is 2.34. The van der Waals surface area contributed by atoms with Crippen LogP contribution in [-0.4, -0.2) is 31.7 Å². The number of thiophene rings is 1. The van der Waals surface area contributed by atoms with Gasteiger partial charge < -0.3 is 5.32 Å². The van der Waals surface area contributed by atoms with E-state index >= 15 is 0 Å². The number of carbonyl (C=O) groups excluding carboxylic acids is 1. The van der Waals surface area contributed by atoms with Crippen molar-refractivity contribution in [1.29, 1.82) is 0 Å². The van der Waals surface area contributed by atoms with Crippen molar-refractivity contribution in [3.05, 3.63) is 51.6 Å². The molecule has 0 saturated carbocycles. The van der Waals surface area contributed by atoms with Crippen LogP contribution in [-0.2, 0) is 14.8 Å². The molecular formula is C18H20BrFN2O3S2. The van der Waals surface area contributed by atoms with Crippen LogP contribution in [0.2, 0.25) is 0 Å². The summed E-state index contributed by atoms with van der Waals surface area (Å²) in [6.07, 6.45) is 1.25. The van der Waals surface area contributed by atoms with E-state index in [-0.39, 0.29) is 28.5 Å². The van der Waals surface area contributed by atoms with Gasteiger partial charge in [-0.3, -0.25) is 4.79 Å². The van der Waals surface area contributed by atoms with Crippen molar-refractivity contribution in [3.8, 4) is 0 Å². The van der Waals surface area contributed by atoms with Crippen molar-refractivity contribution < 1.29 is 17.6 Å². The smallest absolute Gasteiger partial charge is 0.252 e. The predicted molar refractivity (Wildman–Crippen MR) is 106 cm³/mol. The SMILES string of the molecule is CC(NC(=O)C1CCCN(S(=O)(=O)c2ccc(Br)s2)C1)c1cccc(F)c1. The van der Waals surface area contributed by atoms with Gasteiger partial charge in [-0.05, 0) is 65.5 Å². The Morgan fingerprint density at radius 3 is 2.81 bits per heavy atom. The highest BCUT2D eigenvalue weighted by atomic mass is 79.9. The minimum absolute atomic E-state index is 0.152. The highest BCUT2D eigenvalue weighted by Gasteiger charge is 2.34. The molecule has 27 heavy (non-hydrogen) atoms. The molecule has 2 atom stereocenters. The molecule has 146 valence electrons. The molecular weight excluding hydrogens is 455 g/mol. The largest absolute Gasteiger partial charge is 0.349 e. The van der Waals surface area contributed by atoms with E-state index in [4.69, 9.17) is 0 Å². The van der Waals surface area contributed by atoms with Gasteiger partial charge in [0.25, 0.3) is 10.0 Å². The molecule has 1 aromatic heterocycles. The van der Waals surface area contributed by atoms with E-state index in [1.165, 1.54) is 16.4 Å². The molecule has 1 saturated heterocycles. The molecule has 2 unspecified atom stereocenters. The first-order chi connectivity index (χ1) is 12.8. The molecule has 2 heterocycles. The first kappa shape index (κ1) is 20.4. The van der Waals surface area contributed by atoms with Crippen LogP contribution in [0.4, 0.5) is 4.39 Å². The Labute approximate surface area is 170 Å². The number of piperidine rings is 1. The van der Waals surface area contributed by atoms with Gasteiger partial charge in [-0.25, -0.2) is 12.8 Å². The fraction of sp³-hybridized carbons (Fsp3) is 0.389. The number of hydrogen-bond donors (Lipinski definition) is 1. The summed E-state index contributed by atoms with van der Waals surface area (Å²) in [5, 5.41) is 2.88. The quantitative estimate of drug-likeness (QED) is 0.713. The Balaban J connectivity index is 1.67. The zero-order valence-corrected chi connectivity index (χ0v) is 17.9. The third kappa shape index (κ3) is 4.77. The lowest BCUT2D eigenvalue weighted by Crippen LogP contribution is -2.45. The number of benzene rings is 1. The Hall–Kier alpha value is -1.29. The number of sulfonamides is 1. The second kappa shape index (κ2) is 8.38. The molecule has 1 aliphatic rings. The first-order valence-corrected chi connectivity index (χ1v) is 11.6. The summed E-state index contributed by atoms with van der Waals surface area (Å²) in [5.74, 6) is -0.988. The molecule has 1 fully saturated rings. The number of rotatable bonds is 5. The summed E-state index contributed by atoms with van der Waals surface area (Å²) < 4.78 is 41.4. The zero-order valence-electron chi connectivity index (χ0n) is 14.7. The summed E-state index contributed by atoms with van der Waals surface area (Å²) >= 11 is 4.44. The van der Waals surface area contributed by atoms with Crippen molar-refractivity contribution in [2.45, 2.75) is 30.0 Å². The lowest BCUT2D eigenvalue weighted by Gasteiger charge is -2.31. The molecule has 0 bridgehead atoms. The van der Waals surface area contributed by atoms with Crippen LogP contribution in [0, 0.1) is 11.7 Å². The minimum atomic E-state index is -3.60. The van der Waals surface area contributed by atoms with Crippen molar-refractivity contribution >= 4 is 43.2 Å². The highest BCUT2D eigenvalue weighted by molar-refractivity contribution is 9.11. The fourth-order valence-corrected chi connectivity index (χ4v) is 6.82. The minimum Gasteiger partial charge on any atom is -0.349 e. The molecule has 9 heteroatoms. The summed E-state index contributed by atoms with van der Waals surface area (Å²) in [7, 11) is -3.60. The van der Waals surface area contributed by atoms with Gasteiger partial charge in [-0.15, -0.1) is 11.3 Å². The number of nitrogens with zero attached hydrogens (tertiary/aromatic N) is 1.